The molecular weight excluding hydrogens is 302 g/mol. The van der Waals surface area contributed by atoms with Crippen LogP contribution in [0.5, 0.6) is 11.5 Å². The Labute approximate surface area is 135 Å². The lowest BCUT2D eigenvalue weighted by Gasteiger charge is -2.10. The molecule has 0 aliphatic carbocycles. The van der Waals surface area contributed by atoms with Crippen LogP contribution in [0.1, 0.15) is 11.1 Å². The summed E-state index contributed by atoms with van der Waals surface area (Å²) in [7, 11) is 3.17. The number of methoxy groups -OCH3 is 2. The molecule has 0 fully saturated rings. The van der Waals surface area contributed by atoms with Crippen molar-refractivity contribution in [3.05, 3.63) is 58.6 Å². The molecule has 0 heterocycles. The SMILES string of the molecule is COc1ccc(CNC(=O)Cc2ccc(Cl)cc2)cc1OC. The van der Waals surface area contributed by atoms with Crippen molar-refractivity contribution in [3.8, 4) is 11.5 Å². The molecule has 5 heteroatoms. The van der Waals surface area contributed by atoms with Crippen LogP contribution in [0.3, 0.4) is 0 Å². The number of hydrogen-bond donors (Lipinski definition) is 1. The van der Waals surface area contributed by atoms with Crippen LogP contribution in [0.15, 0.2) is 42.5 Å². The molecule has 22 heavy (non-hydrogen) atoms. The quantitative estimate of drug-likeness (QED) is 0.889. The summed E-state index contributed by atoms with van der Waals surface area (Å²) in [6.45, 7) is 0.437. The van der Waals surface area contributed by atoms with Crippen LogP contribution in [-0.4, -0.2) is 20.1 Å². The van der Waals surface area contributed by atoms with Gasteiger partial charge in [-0.15, -0.1) is 0 Å². The van der Waals surface area contributed by atoms with Crippen LogP contribution >= 0.6 is 11.6 Å². The third-order valence-electron chi connectivity index (χ3n) is 3.22. The largest absolute Gasteiger partial charge is 0.493 e. The minimum Gasteiger partial charge on any atom is -0.493 e. The molecular formula is C17H18ClNO3. The number of hydrogen-bond acceptors (Lipinski definition) is 3. The molecule has 2 aromatic rings. The molecule has 2 rings (SSSR count). The molecule has 0 aliphatic rings. The zero-order valence-corrected chi connectivity index (χ0v) is 13.3. The first kappa shape index (κ1) is 16.2. The van der Waals surface area contributed by atoms with Gasteiger partial charge in [-0.25, -0.2) is 0 Å². The van der Waals surface area contributed by atoms with Crippen molar-refractivity contribution in [2.24, 2.45) is 0 Å². The van der Waals surface area contributed by atoms with E-state index in [1.54, 1.807) is 26.4 Å². The number of halogens is 1. The number of carbonyl (C=O) groups is 1. The van der Waals surface area contributed by atoms with Gasteiger partial charge in [0.25, 0.3) is 0 Å². The Kier molecular flexibility index (Phi) is 5.67. The second-order valence-corrected chi connectivity index (χ2v) is 5.21. The van der Waals surface area contributed by atoms with Gasteiger partial charge in [-0.05, 0) is 35.4 Å². The summed E-state index contributed by atoms with van der Waals surface area (Å²) in [5.74, 6) is 1.27. The van der Waals surface area contributed by atoms with Crippen LogP contribution < -0.4 is 14.8 Å². The fourth-order valence-corrected chi connectivity index (χ4v) is 2.17. The standard InChI is InChI=1S/C17H18ClNO3/c1-21-15-8-5-13(9-16(15)22-2)11-19-17(20)10-12-3-6-14(18)7-4-12/h3-9H,10-11H2,1-2H3,(H,19,20). The number of nitrogens with one attached hydrogen (secondary N) is 1. The van der Waals surface area contributed by atoms with Gasteiger partial charge in [-0.3, -0.25) is 4.79 Å². The fraction of sp³-hybridized carbons (Fsp3) is 0.235. The van der Waals surface area contributed by atoms with E-state index in [-0.39, 0.29) is 5.91 Å². The highest BCUT2D eigenvalue weighted by Gasteiger charge is 2.07. The molecule has 116 valence electrons. The highest BCUT2D eigenvalue weighted by Crippen LogP contribution is 2.27. The first-order chi connectivity index (χ1) is 10.6. The minimum absolute atomic E-state index is 0.0443. The smallest absolute Gasteiger partial charge is 0.224 e. The van der Waals surface area contributed by atoms with Crippen LogP contribution in [0.2, 0.25) is 5.02 Å². The van der Waals surface area contributed by atoms with Gasteiger partial charge < -0.3 is 14.8 Å². The highest BCUT2D eigenvalue weighted by molar-refractivity contribution is 6.30. The van der Waals surface area contributed by atoms with Gasteiger partial charge in [0.15, 0.2) is 11.5 Å². The van der Waals surface area contributed by atoms with Crippen LogP contribution in [-0.2, 0) is 17.8 Å². The number of rotatable bonds is 6. The highest BCUT2D eigenvalue weighted by atomic mass is 35.5. The van der Waals surface area contributed by atoms with E-state index in [4.69, 9.17) is 21.1 Å². The first-order valence-electron chi connectivity index (χ1n) is 6.84. The van der Waals surface area contributed by atoms with E-state index in [0.29, 0.717) is 29.5 Å². The zero-order valence-electron chi connectivity index (χ0n) is 12.6. The van der Waals surface area contributed by atoms with Crippen LogP contribution in [0.25, 0.3) is 0 Å². The number of ether oxygens (including phenoxy) is 2. The number of carbonyl (C=O) groups excluding carboxylic acids is 1. The summed E-state index contributed by atoms with van der Waals surface area (Å²) in [6, 6.07) is 12.8. The van der Waals surface area contributed by atoms with E-state index in [2.05, 4.69) is 5.32 Å². The summed E-state index contributed by atoms with van der Waals surface area (Å²) >= 11 is 5.82. The summed E-state index contributed by atoms with van der Waals surface area (Å²) in [6.07, 6.45) is 0.324. The predicted octanol–water partition coefficient (Wildman–Crippen LogP) is 3.22. The Morgan fingerprint density at radius 1 is 1.00 bits per heavy atom. The van der Waals surface area contributed by atoms with Crippen molar-refractivity contribution in [3.63, 3.8) is 0 Å². The van der Waals surface area contributed by atoms with Crippen molar-refractivity contribution in [1.29, 1.82) is 0 Å². The number of amides is 1. The third-order valence-corrected chi connectivity index (χ3v) is 3.47. The molecule has 0 bridgehead atoms. The second kappa shape index (κ2) is 7.71. The Bertz CT molecular complexity index is 641. The van der Waals surface area contributed by atoms with Gasteiger partial charge in [0, 0.05) is 11.6 Å². The van der Waals surface area contributed by atoms with E-state index in [1.165, 1.54) is 0 Å². The van der Waals surface area contributed by atoms with E-state index in [0.717, 1.165) is 11.1 Å². The molecule has 1 amide bonds. The van der Waals surface area contributed by atoms with E-state index < -0.39 is 0 Å². The summed E-state index contributed by atoms with van der Waals surface area (Å²) in [5.41, 5.74) is 1.87. The maximum atomic E-state index is 11.9. The Morgan fingerprint density at radius 2 is 1.64 bits per heavy atom. The lowest BCUT2D eigenvalue weighted by atomic mass is 10.1. The molecule has 1 N–H and O–H groups in total. The van der Waals surface area contributed by atoms with Crippen molar-refractivity contribution >= 4 is 17.5 Å². The van der Waals surface area contributed by atoms with Crippen molar-refractivity contribution in [2.75, 3.05) is 14.2 Å². The van der Waals surface area contributed by atoms with E-state index >= 15 is 0 Å². The predicted molar refractivity (Wildman–Crippen MR) is 86.5 cm³/mol. The van der Waals surface area contributed by atoms with Crippen molar-refractivity contribution < 1.29 is 14.3 Å². The maximum Gasteiger partial charge on any atom is 0.224 e. The first-order valence-corrected chi connectivity index (χ1v) is 7.22. The van der Waals surface area contributed by atoms with Gasteiger partial charge in [0.1, 0.15) is 0 Å². The van der Waals surface area contributed by atoms with Crippen LogP contribution in [0.4, 0.5) is 0 Å². The monoisotopic (exact) mass is 319 g/mol. The zero-order chi connectivity index (χ0) is 15.9. The molecule has 0 spiro atoms. The Balaban J connectivity index is 1.92. The summed E-state index contributed by atoms with van der Waals surface area (Å²) in [4.78, 5) is 11.9. The van der Waals surface area contributed by atoms with Gasteiger partial charge in [0.05, 0.1) is 20.6 Å². The van der Waals surface area contributed by atoms with Gasteiger partial charge >= 0.3 is 0 Å². The number of benzene rings is 2. The van der Waals surface area contributed by atoms with Gasteiger partial charge in [-0.2, -0.15) is 0 Å². The lowest BCUT2D eigenvalue weighted by Crippen LogP contribution is -2.24. The third kappa shape index (κ3) is 4.40. The molecule has 0 saturated carbocycles. The molecule has 0 unspecified atom stereocenters. The van der Waals surface area contributed by atoms with Crippen molar-refractivity contribution in [1.82, 2.24) is 5.32 Å². The topological polar surface area (TPSA) is 47.6 Å². The van der Waals surface area contributed by atoms with E-state index in [1.807, 2.05) is 30.3 Å². The van der Waals surface area contributed by atoms with Gasteiger partial charge in [0.2, 0.25) is 5.91 Å². The minimum atomic E-state index is -0.0443. The second-order valence-electron chi connectivity index (χ2n) is 4.77. The molecule has 0 saturated heterocycles. The lowest BCUT2D eigenvalue weighted by molar-refractivity contribution is -0.120. The average Bonchev–Trinajstić information content (AvgIpc) is 2.54. The van der Waals surface area contributed by atoms with Gasteiger partial charge in [-0.1, -0.05) is 29.8 Å². The molecule has 0 radical (unpaired) electrons. The fourth-order valence-electron chi connectivity index (χ4n) is 2.04. The molecule has 2 aromatic carbocycles. The molecule has 0 aromatic heterocycles. The van der Waals surface area contributed by atoms with E-state index in [9.17, 15) is 4.79 Å². The maximum absolute atomic E-state index is 11.9. The van der Waals surface area contributed by atoms with Crippen molar-refractivity contribution in [2.45, 2.75) is 13.0 Å². The summed E-state index contributed by atoms with van der Waals surface area (Å²) in [5, 5.41) is 3.54. The average molecular weight is 320 g/mol. The summed E-state index contributed by atoms with van der Waals surface area (Å²) < 4.78 is 10.4. The Morgan fingerprint density at radius 3 is 2.27 bits per heavy atom. The Hall–Kier alpha value is -2.20. The van der Waals surface area contributed by atoms with Crippen LogP contribution in [0, 0.1) is 0 Å². The normalized spacial score (nSPS) is 10.1. The molecule has 0 atom stereocenters. The molecule has 0 aliphatic heterocycles. The molecule has 4 nitrogen and oxygen atoms in total.